The molecule has 0 fully saturated rings. The Hall–Kier alpha value is -3.76. The van der Waals surface area contributed by atoms with Crippen molar-refractivity contribution in [3.05, 3.63) is 76.5 Å². The molecule has 0 saturated carbocycles. The standard InChI is InChI=1S/C23H20ClN3O4/c1-16-12-22(27-31-16)26-23(28)18(15-25)13-17-8-9-21(20(24)14-17)30-11-5-10-29-19-6-3-2-4-7-19/h2-4,6-9,12-14H,5,10-11H2,1H3,(H,26,27,28)/b18-13-. The van der Waals surface area contributed by atoms with E-state index >= 15 is 0 Å². The quantitative estimate of drug-likeness (QED) is 0.286. The summed E-state index contributed by atoms with van der Waals surface area (Å²) in [6.07, 6.45) is 2.12. The van der Waals surface area contributed by atoms with Crippen molar-refractivity contribution < 1.29 is 18.8 Å². The average Bonchev–Trinajstić information content (AvgIpc) is 3.18. The van der Waals surface area contributed by atoms with Crippen LogP contribution in [0.25, 0.3) is 6.08 Å². The van der Waals surface area contributed by atoms with Gasteiger partial charge in [-0.25, -0.2) is 0 Å². The highest BCUT2D eigenvalue weighted by atomic mass is 35.5. The minimum atomic E-state index is -0.592. The van der Waals surface area contributed by atoms with Crippen molar-refractivity contribution in [3.63, 3.8) is 0 Å². The van der Waals surface area contributed by atoms with E-state index in [4.69, 9.17) is 25.6 Å². The molecule has 0 unspecified atom stereocenters. The molecule has 31 heavy (non-hydrogen) atoms. The monoisotopic (exact) mass is 437 g/mol. The van der Waals surface area contributed by atoms with E-state index in [-0.39, 0.29) is 11.4 Å². The summed E-state index contributed by atoms with van der Waals surface area (Å²) in [5.41, 5.74) is 0.497. The number of carbonyl (C=O) groups is 1. The summed E-state index contributed by atoms with van der Waals surface area (Å²) in [6.45, 7) is 2.66. The number of hydrogen-bond donors (Lipinski definition) is 1. The van der Waals surface area contributed by atoms with Gasteiger partial charge in [-0.1, -0.05) is 41.0 Å². The third-order valence-electron chi connectivity index (χ3n) is 4.06. The SMILES string of the molecule is Cc1cc(NC(=O)/C(C#N)=C\c2ccc(OCCCOc3ccccc3)c(Cl)c2)no1. The fourth-order valence-electron chi connectivity index (χ4n) is 2.60. The van der Waals surface area contributed by atoms with E-state index in [0.717, 1.165) is 5.75 Å². The fraction of sp³-hybridized carbons (Fsp3) is 0.174. The highest BCUT2D eigenvalue weighted by Gasteiger charge is 2.12. The maximum atomic E-state index is 12.3. The van der Waals surface area contributed by atoms with Crippen molar-refractivity contribution in [3.8, 4) is 17.6 Å². The van der Waals surface area contributed by atoms with E-state index < -0.39 is 5.91 Å². The van der Waals surface area contributed by atoms with Crippen LogP contribution in [0.1, 0.15) is 17.7 Å². The molecule has 0 aliphatic heterocycles. The molecule has 0 aliphatic carbocycles. The van der Waals surface area contributed by atoms with E-state index in [0.29, 0.717) is 41.7 Å². The Morgan fingerprint density at radius 3 is 2.65 bits per heavy atom. The predicted octanol–water partition coefficient (Wildman–Crippen LogP) is 5.03. The van der Waals surface area contributed by atoms with Crippen molar-refractivity contribution in [2.45, 2.75) is 13.3 Å². The second-order valence-electron chi connectivity index (χ2n) is 6.50. The highest BCUT2D eigenvalue weighted by molar-refractivity contribution is 6.32. The fourth-order valence-corrected chi connectivity index (χ4v) is 2.84. The molecule has 0 atom stereocenters. The van der Waals surface area contributed by atoms with Gasteiger partial charge in [0.25, 0.3) is 5.91 Å². The van der Waals surface area contributed by atoms with Gasteiger partial charge in [0.2, 0.25) is 0 Å². The van der Waals surface area contributed by atoms with Crippen LogP contribution in [0.2, 0.25) is 5.02 Å². The summed E-state index contributed by atoms with van der Waals surface area (Å²) in [7, 11) is 0. The van der Waals surface area contributed by atoms with Gasteiger partial charge < -0.3 is 19.3 Å². The van der Waals surface area contributed by atoms with Crippen LogP contribution in [0.4, 0.5) is 5.82 Å². The van der Waals surface area contributed by atoms with Crippen LogP contribution in [0.15, 0.2) is 64.7 Å². The first kappa shape index (κ1) is 21.9. The minimum Gasteiger partial charge on any atom is -0.493 e. The van der Waals surface area contributed by atoms with Crippen LogP contribution in [0, 0.1) is 18.3 Å². The van der Waals surface area contributed by atoms with Gasteiger partial charge in [0, 0.05) is 12.5 Å². The van der Waals surface area contributed by atoms with Crippen molar-refractivity contribution >= 4 is 29.4 Å². The number of nitrogens with one attached hydrogen (secondary N) is 1. The molecule has 0 aliphatic rings. The number of anilines is 1. The lowest BCUT2D eigenvalue weighted by atomic mass is 10.1. The smallest absolute Gasteiger partial charge is 0.267 e. The number of rotatable bonds is 9. The lowest BCUT2D eigenvalue weighted by Gasteiger charge is -2.10. The van der Waals surface area contributed by atoms with Crippen LogP contribution in [-0.4, -0.2) is 24.3 Å². The summed E-state index contributed by atoms with van der Waals surface area (Å²) < 4.78 is 16.2. The number of para-hydroxylation sites is 1. The van der Waals surface area contributed by atoms with Crippen LogP contribution < -0.4 is 14.8 Å². The Balaban J connectivity index is 1.53. The first-order chi connectivity index (χ1) is 15.0. The molecule has 0 radical (unpaired) electrons. The first-order valence-electron chi connectivity index (χ1n) is 9.52. The zero-order valence-corrected chi connectivity index (χ0v) is 17.6. The zero-order valence-electron chi connectivity index (χ0n) is 16.8. The molecular weight excluding hydrogens is 418 g/mol. The van der Waals surface area contributed by atoms with Crippen LogP contribution in [0.3, 0.4) is 0 Å². The van der Waals surface area contributed by atoms with Crippen molar-refractivity contribution in [2.24, 2.45) is 0 Å². The molecular formula is C23H20ClN3O4. The molecule has 0 saturated heterocycles. The lowest BCUT2D eigenvalue weighted by molar-refractivity contribution is -0.112. The molecule has 3 aromatic rings. The number of nitriles is 1. The summed E-state index contributed by atoms with van der Waals surface area (Å²) >= 11 is 6.29. The lowest BCUT2D eigenvalue weighted by Crippen LogP contribution is -2.13. The predicted molar refractivity (Wildman–Crippen MR) is 117 cm³/mol. The number of hydrogen-bond acceptors (Lipinski definition) is 6. The number of halogens is 1. The maximum absolute atomic E-state index is 12.3. The van der Waals surface area contributed by atoms with Crippen LogP contribution in [0.5, 0.6) is 11.5 Å². The van der Waals surface area contributed by atoms with Crippen LogP contribution in [-0.2, 0) is 4.79 Å². The average molecular weight is 438 g/mol. The number of aryl methyl sites for hydroxylation is 1. The number of amides is 1. The molecule has 2 aromatic carbocycles. The Kier molecular flexibility index (Phi) is 7.68. The highest BCUT2D eigenvalue weighted by Crippen LogP contribution is 2.26. The number of aromatic nitrogens is 1. The van der Waals surface area contributed by atoms with Gasteiger partial charge in [0.05, 0.1) is 18.2 Å². The maximum Gasteiger partial charge on any atom is 0.267 e. The molecule has 0 bridgehead atoms. The largest absolute Gasteiger partial charge is 0.493 e. The molecule has 3 rings (SSSR count). The molecule has 1 amide bonds. The molecule has 8 heteroatoms. The number of ether oxygens (including phenoxy) is 2. The van der Waals surface area contributed by atoms with E-state index in [2.05, 4.69) is 10.5 Å². The van der Waals surface area contributed by atoms with Crippen molar-refractivity contribution in [1.82, 2.24) is 5.16 Å². The van der Waals surface area contributed by atoms with Gasteiger partial charge in [-0.2, -0.15) is 5.26 Å². The summed E-state index contributed by atoms with van der Waals surface area (Å²) in [5.74, 6) is 1.52. The Morgan fingerprint density at radius 2 is 1.97 bits per heavy atom. The van der Waals surface area contributed by atoms with Gasteiger partial charge >= 0.3 is 0 Å². The molecule has 1 N–H and O–H groups in total. The third-order valence-corrected chi connectivity index (χ3v) is 4.36. The van der Waals surface area contributed by atoms with E-state index in [1.807, 2.05) is 36.4 Å². The first-order valence-corrected chi connectivity index (χ1v) is 9.89. The Morgan fingerprint density at radius 1 is 1.19 bits per heavy atom. The second-order valence-corrected chi connectivity index (χ2v) is 6.91. The molecule has 7 nitrogen and oxygen atoms in total. The van der Waals surface area contributed by atoms with Gasteiger partial charge in [-0.05, 0) is 42.8 Å². The van der Waals surface area contributed by atoms with Gasteiger partial charge in [0.15, 0.2) is 5.82 Å². The van der Waals surface area contributed by atoms with Crippen molar-refractivity contribution in [1.29, 1.82) is 5.26 Å². The normalized spacial score (nSPS) is 10.9. The number of nitrogens with zero attached hydrogens (tertiary/aromatic N) is 2. The Bertz CT molecular complexity index is 1100. The molecule has 0 spiro atoms. The summed E-state index contributed by atoms with van der Waals surface area (Å²) in [4.78, 5) is 12.3. The van der Waals surface area contributed by atoms with E-state index in [1.54, 1.807) is 31.2 Å². The molecule has 158 valence electrons. The van der Waals surface area contributed by atoms with Crippen molar-refractivity contribution in [2.75, 3.05) is 18.5 Å². The second kappa shape index (κ2) is 10.9. The summed E-state index contributed by atoms with van der Waals surface area (Å²) in [6, 6.07) is 18.0. The number of carbonyl (C=O) groups excluding carboxylic acids is 1. The topological polar surface area (TPSA) is 97.4 Å². The van der Waals surface area contributed by atoms with Crippen LogP contribution >= 0.6 is 11.6 Å². The van der Waals surface area contributed by atoms with Gasteiger partial charge in [-0.15, -0.1) is 0 Å². The Labute approximate surface area is 184 Å². The number of benzene rings is 2. The van der Waals surface area contributed by atoms with E-state index in [1.165, 1.54) is 6.08 Å². The van der Waals surface area contributed by atoms with Gasteiger partial charge in [-0.3, -0.25) is 4.79 Å². The van der Waals surface area contributed by atoms with Gasteiger partial charge in [0.1, 0.15) is 28.9 Å². The third kappa shape index (κ3) is 6.63. The minimum absolute atomic E-state index is 0.0940. The molecule has 1 heterocycles. The molecule has 1 aromatic heterocycles. The summed E-state index contributed by atoms with van der Waals surface area (Å²) in [5, 5.41) is 15.9. The zero-order chi connectivity index (χ0) is 22.1. The van der Waals surface area contributed by atoms with E-state index in [9.17, 15) is 10.1 Å².